The smallest absolute Gasteiger partial charge is 0.259 e. The summed E-state index contributed by atoms with van der Waals surface area (Å²) in [5.41, 5.74) is 0. The zero-order valence-electron chi connectivity index (χ0n) is 15.2. The van der Waals surface area contributed by atoms with Gasteiger partial charge in [-0.2, -0.15) is 0 Å². The summed E-state index contributed by atoms with van der Waals surface area (Å²) in [5, 5.41) is 2.64. The fraction of sp³-hybridized carbons (Fsp3) is 0.500. The first-order chi connectivity index (χ1) is 12.0. The standard InChI is InChI=1S/C16H24FN3O5S/c1-11(2)19-15(21)7-8-18-26(23,24)12-5-6-14(13(17)9-12)25-10-16(22)20(3)4/h5-6,9,11,18H,7-8,10H2,1-4H3,(H,19,21). The Morgan fingerprint density at radius 1 is 1.27 bits per heavy atom. The first kappa shape index (κ1) is 21.8. The summed E-state index contributed by atoms with van der Waals surface area (Å²) in [6.07, 6.45) is -0.0340. The Hall–Kier alpha value is -2.20. The van der Waals surface area contributed by atoms with Gasteiger partial charge in [-0.15, -0.1) is 0 Å². The largest absolute Gasteiger partial charge is 0.481 e. The van der Waals surface area contributed by atoms with E-state index in [1.54, 1.807) is 13.8 Å². The molecule has 0 bridgehead atoms. The highest BCUT2D eigenvalue weighted by Gasteiger charge is 2.18. The Labute approximate surface area is 152 Å². The lowest BCUT2D eigenvalue weighted by Gasteiger charge is -2.13. The number of sulfonamides is 1. The van der Waals surface area contributed by atoms with E-state index in [4.69, 9.17) is 4.74 Å². The molecule has 8 nitrogen and oxygen atoms in total. The maximum absolute atomic E-state index is 14.0. The number of ether oxygens (including phenoxy) is 1. The fourth-order valence-electron chi connectivity index (χ4n) is 1.81. The minimum Gasteiger partial charge on any atom is -0.481 e. The van der Waals surface area contributed by atoms with Crippen molar-refractivity contribution >= 4 is 21.8 Å². The first-order valence-electron chi connectivity index (χ1n) is 7.94. The van der Waals surface area contributed by atoms with Crippen LogP contribution in [0.2, 0.25) is 0 Å². The molecule has 0 unspecified atom stereocenters. The molecule has 0 spiro atoms. The van der Waals surface area contributed by atoms with Crippen molar-refractivity contribution in [3.63, 3.8) is 0 Å². The molecule has 0 radical (unpaired) electrons. The van der Waals surface area contributed by atoms with E-state index in [1.165, 1.54) is 19.0 Å². The van der Waals surface area contributed by atoms with Gasteiger partial charge in [-0.05, 0) is 32.0 Å². The van der Waals surface area contributed by atoms with Crippen LogP contribution in [0.3, 0.4) is 0 Å². The van der Waals surface area contributed by atoms with Crippen LogP contribution in [0, 0.1) is 5.82 Å². The van der Waals surface area contributed by atoms with Gasteiger partial charge in [-0.1, -0.05) is 0 Å². The average molecular weight is 389 g/mol. The lowest BCUT2D eigenvalue weighted by Crippen LogP contribution is -2.34. The molecule has 2 amide bonds. The van der Waals surface area contributed by atoms with Crippen LogP contribution >= 0.6 is 0 Å². The monoisotopic (exact) mass is 389 g/mol. The van der Waals surface area contributed by atoms with Gasteiger partial charge in [0, 0.05) is 33.1 Å². The number of likely N-dealkylation sites (N-methyl/N-ethyl adjacent to an activating group) is 1. The van der Waals surface area contributed by atoms with Gasteiger partial charge in [0.2, 0.25) is 15.9 Å². The van der Waals surface area contributed by atoms with Crippen molar-refractivity contribution in [2.45, 2.75) is 31.2 Å². The van der Waals surface area contributed by atoms with Crippen LogP contribution < -0.4 is 14.8 Å². The molecule has 0 aliphatic heterocycles. The maximum atomic E-state index is 14.0. The van der Waals surface area contributed by atoms with E-state index < -0.39 is 15.8 Å². The van der Waals surface area contributed by atoms with Crippen molar-refractivity contribution in [3.8, 4) is 5.75 Å². The maximum Gasteiger partial charge on any atom is 0.259 e. The molecular formula is C16H24FN3O5S. The molecule has 26 heavy (non-hydrogen) atoms. The van der Waals surface area contributed by atoms with E-state index in [2.05, 4.69) is 10.0 Å². The van der Waals surface area contributed by atoms with Crippen LogP contribution in [0.5, 0.6) is 5.75 Å². The topological polar surface area (TPSA) is 105 Å². The Balaban J connectivity index is 2.68. The van der Waals surface area contributed by atoms with Gasteiger partial charge < -0.3 is 15.0 Å². The lowest BCUT2D eigenvalue weighted by molar-refractivity contribution is -0.130. The highest BCUT2D eigenvalue weighted by Crippen LogP contribution is 2.21. The zero-order valence-corrected chi connectivity index (χ0v) is 16.0. The van der Waals surface area contributed by atoms with Crippen LogP contribution in [0.4, 0.5) is 4.39 Å². The van der Waals surface area contributed by atoms with Crippen LogP contribution in [-0.2, 0) is 19.6 Å². The summed E-state index contributed by atoms with van der Waals surface area (Å²) < 4.78 is 45.6. The van der Waals surface area contributed by atoms with Crippen molar-refractivity contribution in [1.29, 1.82) is 0 Å². The quantitative estimate of drug-likeness (QED) is 0.639. The normalized spacial score (nSPS) is 11.3. The van der Waals surface area contributed by atoms with E-state index in [0.29, 0.717) is 0 Å². The number of hydrogen-bond donors (Lipinski definition) is 2. The number of nitrogens with zero attached hydrogens (tertiary/aromatic N) is 1. The third-order valence-electron chi connectivity index (χ3n) is 3.16. The molecule has 1 aromatic carbocycles. The summed E-state index contributed by atoms with van der Waals surface area (Å²) >= 11 is 0. The van der Waals surface area contributed by atoms with E-state index in [0.717, 1.165) is 18.2 Å². The lowest BCUT2D eigenvalue weighted by atomic mass is 10.3. The van der Waals surface area contributed by atoms with Gasteiger partial charge in [0.25, 0.3) is 5.91 Å². The molecule has 146 valence electrons. The zero-order chi connectivity index (χ0) is 19.9. The van der Waals surface area contributed by atoms with Crippen LogP contribution in [-0.4, -0.2) is 58.4 Å². The number of rotatable bonds is 9. The van der Waals surface area contributed by atoms with Crippen molar-refractivity contribution in [2.24, 2.45) is 0 Å². The first-order valence-corrected chi connectivity index (χ1v) is 9.42. The third kappa shape index (κ3) is 6.96. The molecule has 2 N–H and O–H groups in total. The Morgan fingerprint density at radius 3 is 2.46 bits per heavy atom. The van der Waals surface area contributed by atoms with Gasteiger partial charge in [0.15, 0.2) is 18.2 Å². The molecule has 0 fully saturated rings. The summed E-state index contributed by atoms with van der Waals surface area (Å²) in [6.45, 7) is 3.11. The Bertz CT molecular complexity index is 750. The number of carbonyl (C=O) groups is 2. The van der Waals surface area contributed by atoms with E-state index in [-0.39, 0.29) is 48.1 Å². The molecule has 1 rings (SSSR count). The van der Waals surface area contributed by atoms with Crippen molar-refractivity contribution in [1.82, 2.24) is 14.9 Å². The third-order valence-corrected chi connectivity index (χ3v) is 4.62. The molecule has 0 aliphatic carbocycles. The molecule has 0 heterocycles. The van der Waals surface area contributed by atoms with Gasteiger partial charge in [-0.3, -0.25) is 9.59 Å². The predicted molar refractivity (Wildman–Crippen MR) is 93.7 cm³/mol. The summed E-state index contributed by atoms with van der Waals surface area (Å²) in [6, 6.07) is 3.06. The number of nitrogens with one attached hydrogen (secondary N) is 2. The molecule has 0 saturated carbocycles. The highest BCUT2D eigenvalue weighted by molar-refractivity contribution is 7.89. The van der Waals surface area contributed by atoms with Crippen molar-refractivity contribution < 1.29 is 27.1 Å². The Morgan fingerprint density at radius 2 is 1.92 bits per heavy atom. The number of amides is 2. The van der Waals surface area contributed by atoms with Crippen LogP contribution in [0.15, 0.2) is 23.1 Å². The molecule has 10 heteroatoms. The number of benzene rings is 1. The number of hydrogen-bond acceptors (Lipinski definition) is 5. The number of halogens is 1. The molecule has 0 aliphatic rings. The van der Waals surface area contributed by atoms with Gasteiger partial charge in [-0.25, -0.2) is 17.5 Å². The SMILES string of the molecule is CC(C)NC(=O)CCNS(=O)(=O)c1ccc(OCC(=O)N(C)C)c(F)c1. The van der Waals surface area contributed by atoms with Gasteiger partial charge in [0.1, 0.15) is 0 Å². The second-order valence-electron chi connectivity index (χ2n) is 6.04. The van der Waals surface area contributed by atoms with E-state index >= 15 is 0 Å². The predicted octanol–water partition coefficient (Wildman–Crippen LogP) is 0.486. The van der Waals surface area contributed by atoms with E-state index in [1.807, 2.05) is 0 Å². The highest BCUT2D eigenvalue weighted by atomic mass is 32.2. The molecule has 0 saturated heterocycles. The fourth-order valence-corrected chi connectivity index (χ4v) is 2.85. The molecular weight excluding hydrogens is 365 g/mol. The average Bonchev–Trinajstić information content (AvgIpc) is 2.52. The Kier molecular flexibility index (Phi) is 7.97. The molecule has 1 aromatic rings. The minimum absolute atomic E-state index is 0.0340. The van der Waals surface area contributed by atoms with Crippen LogP contribution in [0.1, 0.15) is 20.3 Å². The number of carbonyl (C=O) groups excluding carboxylic acids is 2. The minimum atomic E-state index is -3.97. The molecule has 0 atom stereocenters. The van der Waals surface area contributed by atoms with Gasteiger partial charge >= 0.3 is 0 Å². The molecule has 0 aromatic heterocycles. The summed E-state index contributed by atoms with van der Waals surface area (Å²) in [5.74, 6) is -1.78. The van der Waals surface area contributed by atoms with Gasteiger partial charge in [0.05, 0.1) is 4.90 Å². The van der Waals surface area contributed by atoms with Crippen LogP contribution in [0.25, 0.3) is 0 Å². The second-order valence-corrected chi connectivity index (χ2v) is 7.81. The van der Waals surface area contributed by atoms with Crippen molar-refractivity contribution in [3.05, 3.63) is 24.0 Å². The van der Waals surface area contributed by atoms with E-state index in [9.17, 15) is 22.4 Å². The summed E-state index contributed by atoms with van der Waals surface area (Å²) in [7, 11) is -0.904. The summed E-state index contributed by atoms with van der Waals surface area (Å²) in [4.78, 5) is 23.9. The van der Waals surface area contributed by atoms with Crippen molar-refractivity contribution in [2.75, 3.05) is 27.2 Å². The second kappa shape index (κ2) is 9.48.